The topological polar surface area (TPSA) is 0 Å². The third-order valence-corrected chi connectivity index (χ3v) is 3.10. The van der Waals surface area contributed by atoms with Crippen LogP contribution in [0.15, 0.2) is 42.5 Å². The van der Waals surface area contributed by atoms with E-state index >= 15 is 0 Å². The van der Waals surface area contributed by atoms with Crippen molar-refractivity contribution in [1.82, 2.24) is 0 Å². The molecule has 0 N–H and O–H groups in total. The van der Waals surface area contributed by atoms with Crippen LogP contribution in [0.2, 0.25) is 0 Å². The molecular weight excluding hydrogens is 204 g/mol. The van der Waals surface area contributed by atoms with E-state index in [-0.39, 0.29) is 5.41 Å². The molecule has 0 saturated carbocycles. The lowest BCUT2D eigenvalue weighted by atomic mass is 9.85. The summed E-state index contributed by atoms with van der Waals surface area (Å²) in [5, 5.41) is 0. The van der Waals surface area contributed by atoms with E-state index in [0.29, 0.717) is 0 Å². The molecule has 0 aliphatic heterocycles. The summed E-state index contributed by atoms with van der Waals surface area (Å²) >= 11 is 0. The van der Waals surface area contributed by atoms with E-state index in [1.165, 1.54) is 22.3 Å². The quantitative estimate of drug-likeness (QED) is 0.654. The zero-order valence-electron chi connectivity index (χ0n) is 11.0. The highest BCUT2D eigenvalue weighted by molar-refractivity contribution is 5.67. The van der Waals surface area contributed by atoms with Crippen molar-refractivity contribution in [2.75, 3.05) is 0 Å². The van der Waals surface area contributed by atoms with Gasteiger partial charge in [0.2, 0.25) is 0 Å². The minimum Gasteiger partial charge on any atom is -0.0620 e. The van der Waals surface area contributed by atoms with Gasteiger partial charge in [-0.25, -0.2) is 0 Å². The number of hydrogen-bond donors (Lipinski definition) is 0. The van der Waals surface area contributed by atoms with Crippen molar-refractivity contribution < 1.29 is 0 Å². The van der Waals surface area contributed by atoms with Crippen LogP contribution in [-0.2, 0) is 5.41 Å². The van der Waals surface area contributed by atoms with Crippen LogP contribution in [0.1, 0.15) is 31.9 Å². The number of aryl methyl sites for hydroxylation is 1. The monoisotopic (exact) mass is 223 g/mol. The highest BCUT2D eigenvalue weighted by Crippen LogP contribution is 2.28. The van der Waals surface area contributed by atoms with Gasteiger partial charge in [0.05, 0.1) is 0 Å². The number of benzene rings is 2. The summed E-state index contributed by atoms with van der Waals surface area (Å²) in [4.78, 5) is 0. The maximum Gasteiger partial charge on any atom is -0.00989 e. The van der Waals surface area contributed by atoms with Gasteiger partial charge in [0.1, 0.15) is 0 Å². The van der Waals surface area contributed by atoms with Crippen LogP contribution in [0, 0.1) is 13.0 Å². The molecule has 0 aliphatic rings. The SMILES string of the molecule is Cc1ccccc1-c1[c]ccc(C(C)(C)C)c1. The van der Waals surface area contributed by atoms with Gasteiger partial charge in [0.25, 0.3) is 0 Å². The van der Waals surface area contributed by atoms with Gasteiger partial charge < -0.3 is 0 Å². The zero-order chi connectivity index (χ0) is 12.5. The van der Waals surface area contributed by atoms with Crippen LogP contribution in [0.3, 0.4) is 0 Å². The first kappa shape index (κ1) is 11.9. The van der Waals surface area contributed by atoms with Crippen LogP contribution >= 0.6 is 0 Å². The summed E-state index contributed by atoms with van der Waals surface area (Å²) in [5.74, 6) is 0. The van der Waals surface area contributed by atoms with Crippen LogP contribution in [0.4, 0.5) is 0 Å². The molecule has 0 spiro atoms. The van der Waals surface area contributed by atoms with Gasteiger partial charge in [0.15, 0.2) is 0 Å². The molecule has 0 heteroatoms. The van der Waals surface area contributed by atoms with Gasteiger partial charge in [-0.3, -0.25) is 0 Å². The predicted molar refractivity (Wildman–Crippen MR) is 74.2 cm³/mol. The molecule has 87 valence electrons. The Morgan fingerprint density at radius 2 is 1.71 bits per heavy atom. The standard InChI is InChI=1S/C17H19/c1-13-8-5-6-11-16(13)14-9-7-10-15(12-14)17(2,3)4/h5-8,10-12H,1-4H3. The summed E-state index contributed by atoms with van der Waals surface area (Å²) in [5.41, 5.74) is 5.31. The predicted octanol–water partition coefficient (Wildman–Crippen LogP) is 4.76. The molecule has 2 aromatic carbocycles. The second kappa shape index (κ2) is 4.37. The summed E-state index contributed by atoms with van der Waals surface area (Å²) in [6, 6.07) is 18.2. The van der Waals surface area contributed by atoms with Crippen molar-refractivity contribution in [3.05, 3.63) is 59.7 Å². The molecule has 0 atom stereocenters. The van der Waals surface area contributed by atoms with Crippen LogP contribution < -0.4 is 0 Å². The first-order chi connectivity index (χ1) is 7.98. The minimum atomic E-state index is 0.187. The van der Waals surface area contributed by atoms with E-state index in [4.69, 9.17) is 0 Å². The minimum absolute atomic E-state index is 0.187. The van der Waals surface area contributed by atoms with Crippen LogP contribution in [0.5, 0.6) is 0 Å². The molecule has 0 unspecified atom stereocenters. The van der Waals surface area contributed by atoms with Crippen molar-refractivity contribution in [3.63, 3.8) is 0 Å². The van der Waals surface area contributed by atoms with E-state index in [0.717, 1.165) is 0 Å². The Balaban J connectivity index is 2.51. The third-order valence-electron chi connectivity index (χ3n) is 3.10. The van der Waals surface area contributed by atoms with E-state index in [1.54, 1.807) is 0 Å². The summed E-state index contributed by atoms with van der Waals surface area (Å²) in [7, 11) is 0. The highest BCUT2D eigenvalue weighted by atomic mass is 14.2. The van der Waals surface area contributed by atoms with Crippen LogP contribution in [0.25, 0.3) is 11.1 Å². The lowest BCUT2D eigenvalue weighted by molar-refractivity contribution is 0.590. The van der Waals surface area contributed by atoms with Gasteiger partial charge in [-0.15, -0.1) is 0 Å². The van der Waals surface area contributed by atoms with E-state index in [1.807, 2.05) is 6.07 Å². The van der Waals surface area contributed by atoms with Gasteiger partial charge in [-0.05, 0) is 46.7 Å². The molecule has 0 saturated heterocycles. The van der Waals surface area contributed by atoms with E-state index in [2.05, 4.69) is 70.2 Å². The summed E-state index contributed by atoms with van der Waals surface area (Å²) < 4.78 is 0. The van der Waals surface area contributed by atoms with Gasteiger partial charge in [-0.1, -0.05) is 57.2 Å². The fourth-order valence-corrected chi connectivity index (χ4v) is 1.96. The average Bonchev–Trinajstić information content (AvgIpc) is 2.29. The molecule has 2 rings (SSSR count). The fraction of sp³-hybridized carbons (Fsp3) is 0.294. The molecule has 0 fully saturated rings. The smallest absolute Gasteiger partial charge is 0.00989 e. The number of rotatable bonds is 1. The Morgan fingerprint density at radius 3 is 2.35 bits per heavy atom. The largest absolute Gasteiger partial charge is 0.0620 e. The van der Waals surface area contributed by atoms with Crippen molar-refractivity contribution in [2.24, 2.45) is 0 Å². The van der Waals surface area contributed by atoms with Crippen molar-refractivity contribution in [1.29, 1.82) is 0 Å². The first-order valence-electron chi connectivity index (χ1n) is 6.07. The molecule has 0 heterocycles. The fourth-order valence-electron chi connectivity index (χ4n) is 1.96. The molecule has 0 nitrogen and oxygen atoms in total. The Hall–Kier alpha value is -1.56. The maximum atomic E-state index is 3.34. The molecule has 0 amide bonds. The molecule has 0 aliphatic carbocycles. The van der Waals surface area contributed by atoms with E-state index in [9.17, 15) is 0 Å². The Bertz CT molecular complexity index is 516. The van der Waals surface area contributed by atoms with Gasteiger partial charge >= 0.3 is 0 Å². The normalized spacial score (nSPS) is 11.5. The molecule has 17 heavy (non-hydrogen) atoms. The van der Waals surface area contributed by atoms with Crippen molar-refractivity contribution in [3.8, 4) is 11.1 Å². The van der Waals surface area contributed by atoms with Crippen molar-refractivity contribution >= 4 is 0 Å². The zero-order valence-corrected chi connectivity index (χ0v) is 11.0. The molecule has 0 aromatic heterocycles. The number of hydrogen-bond acceptors (Lipinski definition) is 0. The van der Waals surface area contributed by atoms with Crippen molar-refractivity contribution in [2.45, 2.75) is 33.1 Å². The Kier molecular flexibility index (Phi) is 3.06. The third kappa shape index (κ3) is 2.58. The second-order valence-corrected chi connectivity index (χ2v) is 5.56. The lowest BCUT2D eigenvalue weighted by Crippen LogP contribution is -2.10. The maximum absolute atomic E-state index is 3.34. The van der Waals surface area contributed by atoms with Gasteiger partial charge in [0, 0.05) is 0 Å². The first-order valence-corrected chi connectivity index (χ1v) is 6.07. The van der Waals surface area contributed by atoms with Gasteiger partial charge in [-0.2, -0.15) is 0 Å². The van der Waals surface area contributed by atoms with Crippen LogP contribution in [-0.4, -0.2) is 0 Å². The molecule has 0 bridgehead atoms. The second-order valence-electron chi connectivity index (χ2n) is 5.56. The summed E-state index contributed by atoms with van der Waals surface area (Å²) in [6.45, 7) is 8.87. The highest BCUT2D eigenvalue weighted by Gasteiger charge is 2.14. The molecular formula is C17H19. The van der Waals surface area contributed by atoms with E-state index < -0.39 is 0 Å². The Labute approximate surface area is 104 Å². The molecule has 2 aromatic rings. The average molecular weight is 223 g/mol. The lowest BCUT2D eigenvalue weighted by Gasteiger charge is -2.20. The molecule has 1 radical (unpaired) electrons. The summed E-state index contributed by atoms with van der Waals surface area (Å²) in [6.07, 6.45) is 0. The Morgan fingerprint density at radius 1 is 1.00 bits per heavy atom.